The summed E-state index contributed by atoms with van der Waals surface area (Å²) in [4.78, 5) is 15.4. The highest BCUT2D eigenvalue weighted by atomic mass is 16.6. The van der Waals surface area contributed by atoms with Crippen molar-refractivity contribution in [3.05, 3.63) is 51.8 Å². The van der Waals surface area contributed by atoms with Gasteiger partial charge in [-0.15, -0.1) is 0 Å². The molecule has 1 aliphatic heterocycles. The van der Waals surface area contributed by atoms with Crippen molar-refractivity contribution in [2.24, 2.45) is 0 Å². The minimum absolute atomic E-state index is 0.0970. The van der Waals surface area contributed by atoms with E-state index in [1.54, 1.807) is 24.5 Å². The van der Waals surface area contributed by atoms with E-state index in [0.717, 1.165) is 5.57 Å². The van der Waals surface area contributed by atoms with Crippen LogP contribution in [0.25, 0.3) is 0 Å². The Morgan fingerprint density at radius 1 is 1.50 bits per heavy atom. The van der Waals surface area contributed by atoms with E-state index in [0.29, 0.717) is 12.0 Å². The van der Waals surface area contributed by atoms with Gasteiger partial charge in [0.15, 0.2) is 0 Å². The van der Waals surface area contributed by atoms with Gasteiger partial charge in [0.25, 0.3) is 5.69 Å². The molecule has 0 saturated heterocycles. The summed E-state index contributed by atoms with van der Waals surface area (Å²) >= 11 is 0. The smallest absolute Gasteiger partial charge is 0.272 e. The van der Waals surface area contributed by atoms with Crippen LogP contribution in [0.1, 0.15) is 12.5 Å². The van der Waals surface area contributed by atoms with E-state index in [1.165, 1.54) is 6.07 Å². The van der Waals surface area contributed by atoms with Crippen molar-refractivity contribution in [3.63, 3.8) is 0 Å². The zero-order valence-electron chi connectivity index (χ0n) is 8.84. The van der Waals surface area contributed by atoms with Gasteiger partial charge in [-0.05, 0) is 12.5 Å². The van der Waals surface area contributed by atoms with Gasteiger partial charge >= 0.3 is 0 Å². The maximum atomic E-state index is 10.8. The Bertz CT molecular complexity index is 443. The summed E-state index contributed by atoms with van der Waals surface area (Å²) in [5, 5.41) is 10.8. The predicted octanol–water partition coefficient (Wildman–Crippen LogP) is 1.94. The van der Waals surface area contributed by atoms with Crippen molar-refractivity contribution in [1.82, 2.24) is 5.48 Å². The molecule has 0 aromatic heterocycles. The summed E-state index contributed by atoms with van der Waals surface area (Å²) in [6.45, 7) is 1.95. The molecule has 0 radical (unpaired) electrons. The molecule has 0 spiro atoms. The highest BCUT2D eigenvalue weighted by Crippen LogP contribution is 2.23. The van der Waals surface area contributed by atoms with Gasteiger partial charge in [0.2, 0.25) is 0 Å². The van der Waals surface area contributed by atoms with E-state index < -0.39 is 0 Å². The van der Waals surface area contributed by atoms with Crippen molar-refractivity contribution in [1.29, 1.82) is 0 Å². The predicted molar refractivity (Wildman–Crippen MR) is 58.6 cm³/mol. The van der Waals surface area contributed by atoms with E-state index in [4.69, 9.17) is 4.84 Å². The number of hydroxylamine groups is 1. The van der Waals surface area contributed by atoms with E-state index in [2.05, 4.69) is 5.48 Å². The summed E-state index contributed by atoms with van der Waals surface area (Å²) in [5.74, 6) is 0. The minimum atomic E-state index is -0.357. The maximum Gasteiger partial charge on any atom is 0.272 e. The average molecular weight is 220 g/mol. The molecule has 0 saturated carbocycles. The van der Waals surface area contributed by atoms with Crippen LogP contribution in [-0.2, 0) is 11.3 Å². The van der Waals surface area contributed by atoms with Crippen molar-refractivity contribution >= 4 is 5.69 Å². The van der Waals surface area contributed by atoms with Gasteiger partial charge in [-0.3, -0.25) is 10.1 Å². The summed E-state index contributed by atoms with van der Waals surface area (Å²) in [7, 11) is 0. The second-order valence-electron chi connectivity index (χ2n) is 3.71. The van der Waals surface area contributed by atoms with Crippen molar-refractivity contribution < 1.29 is 9.76 Å². The molecular weight excluding hydrogens is 208 g/mol. The van der Waals surface area contributed by atoms with E-state index in [-0.39, 0.29) is 16.7 Å². The van der Waals surface area contributed by atoms with Gasteiger partial charge < -0.3 is 4.84 Å². The van der Waals surface area contributed by atoms with Gasteiger partial charge in [0.1, 0.15) is 6.26 Å². The highest BCUT2D eigenvalue weighted by molar-refractivity contribution is 5.42. The fourth-order valence-electron chi connectivity index (χ4n) is 1.64. The molecule has 1 atom stereocenters. The van der Waals surface area contributed by atoms with Gasteiger partial charge in [-0.25, -0.2) is 0 Å². The minimum Gasteiger partial charge on any atom is -0.416 e. The van der Waals surface area contributed by atoms with E-state index in [9.17, 15) is 10.1 Å². The Kier molecular flexibility index (Phi) is 2.87. The molecule has 84 valence electrons. The summed E-state index contributed by atoms with van der Waals surface area (Å²) < 4.78 is 0. The molecule has 5 nitrogen and oxygen atoms in total. The third-order valence-corrected chi connectivity index (χ3v) is 2.59. The zero-order valence-corrected chi connectivity index (χ0v) is 8.84. The number of nitro benzene ring substituents is 1. The molecule has 1 aromatic rings. The monoisotopic (exact) mass is 220 g/mol. The van der Waals surface area contributed by atoms with Crippen LogP contribution in [0.15, 0.2) is 36.1 Å². The molecule has 5 heteroatoms. The molecule has 1 heterocycles. The second-order valence-corrected chi connectivity index (χ2v) is 3.71. The molecule has 0 bridgehead atoms. The van der Waals surface area contributed by atoms with Crippen LogP contribution >= 0.6 is 0 Å². The molecule has 1 aromatic carbocycles. The van der Waals surface area contributed by atoms with Crippen LogP contribution in [-0.4, -0.2) is 11.0 Å². The Balaban J connectivity index is 2.24. The van der Waals surface area contributed by atoms with Gasteiger partial charge in [0, 0.05) is 18.1 Å². The highest BCUT2D eigenvalue weighted by Gasteiger charge is 2.20. The van der Waals surface area contributed by atoms with Crippen LogP contribution in [0.4, 0.5) is 5.69 Å². The molecule has 1 N–H and O–H groups in total. The van der Waals surface area contributed by atoms with Gasteiger partial charge in [0.05, 0.1) is 11.0 Å². The fourth-order valence-corrected chi connectivity index (χ4v) is 1.64. The molecule has 0 aliphatic carbocycles. The average Bonchev–Trinajstić information content (AvgIpc) is 2.65. The van der Waals surface area contributed by atoms with Crippen LogP contribution in [0.3, 0.4) is 0 Å². The number of nitrogens with zero attached hydrogens (tertiary/aromatic N) is 1. The summed E-state index contributed by atoms with van der Waals surface area (Å²) in [6.07, 6.45) is 2.15. The van der Waals surface area contributed by atoms with E-state index in [1.807, 2.05) is 6.92 Å². The van der Waals surface area contributed by atoms with Crippen molar-refractivity contribution in [3.8, 4) is 0 Å². The zero-order chi connectivity index (χ0) is 11.5. The number of para-hydroxylation sites is 1. The summed E-state index contributed by atoms with van der Waals surface area (Å²) in [5.41, 5.74) is 4.65. The number of nitro groups is 1. The molecule has 2 rings (SSSR count). The lowest BCUT2D eigenvalue weighted by atomic mass is 10.0. The number of hydrogen-bond donors (Lipinski definition) is 1. The quantitative estimate of drug-likeness (QED) is 0.624. The first-order valence-electron chi connectivity index (χ1n) is 5.01. The topological polar surface area (TPSA) is 64.4 Å². The van der Waals surface area contributed by atoms with Crippen molar-refractivity contribution in [2.45, 2.75) is 19.4 Å². The standard InChI is InChI=1S/C11H12N2O3/c1-8-10(7-16-12-8)6-9-4-2-3-5-11(9)13(14)15/h2-5,7-8,12H,6H2,1H3. The first-order chi connectivity index (χ1) is 7.68. The SMILES string of the molecule is CC1NOC=C1Cc1ccccc1[N+](=O)[O-]. The Labute approximate surface area is 92.8 Å². The third kappa shape index (κ3) is 2.04. The maximum absolute atomic E-state index is 10.8. The first kappa shape index (κ1) is 10.6. The molecule has 0 fully saturated rings. The summed E-state index contributed by atoms with van der Waals surface area (Å²) in [6, 6.07) is 6.85. The molecule has 16 heavy (non-hydrogen) atoms. The fraction of sp³-hybridized carbons (Fsp3) is 0.273. The molecule has 1 aliphatic rings. The number of benzene rings is 1. The van der Waals surface area contributed by atoms with Crippen LogP contribution in [0.5, 0.6) is 0 Å². The number of nitrogens with one attached hydrogen (secondary N) is 1. The van der Waals surface area contributed by atoms with Gasteiger partial charge in [-0.1, -0.05) is 18.2 Å². The lowest BCUT2D eigenvalue weighted by Crippen LogP contribution is -2.20. The van der Waals surface area contributed by atoms with Crippen LogP contribution < -0.4 is 5.48 Å². The largest absolute Gasteiger partial charge is 0.416 e. The van der Waals surface area contributed by atoms with Gasteiger partial charge in [-0.2, -0.15) is 5.48 Å². The van der Waals surface area contributed by atoms with Crippen LogP contribution in [0, 0.1) is 10.1 Å². The molecular formula is C11H12N2O3. The Morgan fingerprint density at radius 2 is 2.25 bits per heavy atom. The molecule has 1 unspecified atom stereocenters. The molecule has 0 amide bonds. The normalized spacial score (nSPS) is 19.1. The number of hydrogen-bond acceptors (Lipinski definition) is 4. The Morgan fingerprint density at radius 3 is 2.88 bits per heavy atom. The first-order valence-corrected chi connectivity index (χ1v) is 5.01. The Hall–Kier alpha value is -1.88. The van der Waals surface area contributed by atoms with E-state index >= 15 is 0 Å². The van der Waals surface area contributed by atoms with Crippen molar-refractivity contribution in [2.75, 3.05) is 0 Å². The lowest BCUT2D eigenvalue weighted by molar-refractivity contribution is -0.385. The lowest BCUT2D eigenvalue weighted by Gasteiger charge is -2.07. The third-order valence-electron chi connectivity index (χ3n) is 2.59. The number of rotatable bonds is 3. The second kappa shape index (κ2) is 4.32. The van der Waals surface area contributed by atoms with Crippen LogP contribution in [0.2, 0.25) is 0 Å².